The van der Waals surface area contributed by atoms with Crippen LogP contribution in [0.3, 0.4) is 0 Å². The first kappa shape index (κ1) is 37.0. The molecule has 5 rings (SSSR count). The lowest BCUT2D eigenvalue weighted by Gasteiger charge is -2.50. The molecule has 1 saturated carbocycles. The van der Waals surface area contributed by atoms with Gasteiger partial charge in [-0.3, -0.25) is 19.3 Å². The predicted octanol–water partition coefficient (Wildman–Crippen LogP) is 6.64. The van der Waals surface area contributed by atoms with Crippen molar-refractivity contribution in [3.63, 3.8) is 0 Å². The number of piperidine rings is 1. The molecule has 2 aromatic carbocycles. The first-order chi connectivity index (χ1) is 23.5. The zero-order chi connectivity index (χ0) is 35.0. The van der Waals surface area contributed by atoms with Gasteiger partial charge >= 0.3 is 5.97 Å². The van der Waals surface area contributed by atoms with Crippen molar-refractivity contribution in [3.8, 4) is 0 Å². The summed E-state index contributed by atoms with van der Waals surface area (Å²) >= 11 is 0. The molecule has 2 aromatic rings. The number of carbonyl (C=O) groups excluding carboxylic acids is 2. The first-order valence-electron chi connectivity index (χ1n) is 18.2. The Kier molecular flexibility index (Phi) is 12.9. The summed E-state index contributed by atoms with van der Waals surface area (Å²) in [6.45, 7) is 6.70. The number of aliphatic carboxylic acids is 1. The summed E-state index contributed by atoms with van der Waals surface area (Å²) in [6, 6.07) is 15.5. The number of aliphatic hydroxyl groups excluding tert-OH is 1. The molecule has 0 aromatic heterocycles. The van der Waals surface area contributed by atoms with Crippen molar-refractivity contribution >= 4 is 23.5 Å². The van der Waals surface area contributed by atoms with Gasteiger partial charge in [0.05, 0.1) is 24.9 Å². The summed E-state index contributed by atoms with van der Waals surface area (Å²) in [6.07, 6.45) is 8.57. The number of carboxylic acid groups (broad SMARTS) is 1. The highest BCUT2D eigenvalue weighted by Gasteiger charge is 2.44. The highest BCUT2D eigenvalue weighted by atomic mass is 16.7. The third-order valence-corrected chi connectivity index (χ3v) is 10.1. The van der Waals surface area contributed by atoms with Gasteiger partial charge in [-0.15, -0.1) is 0 Å². The Morgan fingerprint density at radius 2 is 1.55 bits per heavy atom. The minimum atomic E-state index is -0.815. The molecule has 268 valence electrons. The number of nitrogens with one attached hydrogen (secondary N) is 2. The SMILES string of the molecule is CC(C)(C)NC(=O)[C@H]1CC[C@H]2CCCC[C@H]2N1C[C@@H]1C[C@H](c2ccc(CO)cc2)O[C@H](c2ccc(NC(=O)CCCCCC(=O)O)cc2)O1. The number of fused-ring (bicyclic) bond motifs is 1. The average molecular weight is 678 g/mol. The van der Waals surface area contributed by atoms with E-state index in [0.717, 1.165) is 36.0 Å². The van der Waals surface area contributed by atoms with E-state index >= 15 is 0 Å². The van der Waals surface area contributed by atoms with Crippen molar-refractivity contribution in [2.45, 2.75) is 141 Å². The van der Waals surface area contributed by atoms with Crippen LogP contribution in [-0.4, -0.2) is 63.2 Å². The van der Waals surface area contributed by atoms with Gasteiger partial charge in [0, 0.05) is 48.6 Å². The number of nitrogens with zero attached hydrogens (tertiary/aromatic N) is 1. The third-order valence-electron chi connectivity index (χ3n) is 10.1. The molecule has 0 spiro atoms. The summed E-state index contributed by atoms with van der Waals surface area (Å²) < 4.78 is 13.3. The fourth-order valence-electron chi connectivity index (χ4n) is 7.68. The van der Waals surface area contributed by atoms with Crippen LogP contribution in [0.1, 0.15) is 127 Å². The van der Waals surface area contributed by atoms with E-state index < -0.39 is 12.3 Å². The number of aliphatic hydroxyl groups is 1. The number of amides is 2. The van der Waals surface area contributed by atoms with E-state index in [0.29, 0.717) is 56.3 Å². The minimum Gasteiger partial charge on any atom is -0.481 e. The van der Waals surface area contributed by atoms with Crippen molar-refractivity contribution < 1.29 is 34.1 Å². The summed E-state index contributed by atoms with van der Waals surface area (Å²) in [7, 11) is 0. The third kappa shape index (κ3) is 10.6. The number of unbranched alkanes of at least 4 members (excludes halogenated alkanes) is 2. The standard InChI is InChI=1S/C39H55N3O7/c1-39(2,3)41-37(47)33-22-19-27-9-7-8-10-32(27)42(33)24-31-23-34(28-15-13-26(25-43)14-16-28)49-38(48-31)29-17-20-30(21-18-29)40-35(44)11-5-4-6-12-36(45)46/h13-18,20-21,27,31-34,38,43H,4-12,19,22-25H2,1-3H3,(H,40,44)(H,41,47)(H,45,46)/t27-,31+,32-,33-,34-,38-/m1/s1. The molecule has 10 heteroatoms. The Morgan fingerprint density at radius 3 is 2.24 bits per heavy atom. The van der Waals surface area contributed by atoms with Crippen LogP contribution in [0.25, 0.3) is 0 Å². The molecule has 4 N–H and O–H groups in total. The topological polar surface area (TPSA) is 137 Å². The van der Waals surface area contributed by atoms with Gasteiger partial charge in [0.1, 0.15) is 0 Å². The molecule has 49 heavy (non-hydrogen) atoms. The fraction of sp³-hybridized carbons (Fsp3) is 0.615. The summed E-state index contributed by atoms with van der Waals surface area (Å²) in [5.74, 6) is -0.233. The zero-order valence-corrected chi connectivity index (χ0v) is 29.4. The van der Waals surface area contributed by atoms with Gasteiger partial charge in [-0.1, -0.05) is 55.7 Å². The number of carbonyl (C=O) groups is 3. The van der Waals surface area contributed by atoms with Crippen LogP contribution in [0, 0.1) is 5.92 Å². The molecule has 0 radical (unpaired) electrons. The lowest BCUT2D eigenvalue weighted by molar-refractivity contribution is -0.255. The van der Waals surface area contributed by atoms with E-state index in [1.54, 1.807) is 0 Å². The molecule has 10 nitrogen and oxygen atoms in total. The molecular formula is C39H55N3O7. The molecule has 0 unspecified atom stereocenters. The second kappa shape index (κ2) is 17.1. The maximum absolute atomic E-state index is 13.7. The van der Waals surface area contributed by atoms with Gasteiger partial charge < -0.3 is 30.3 Å². The lowest BCUT2D eigenvalue weighted by Crippen LogP contribution is -2.61. The van der Waals surface area contributed by atoms with Crippen molar-refractivity contribution in [2.24, 2.45) is 5.92 Å². The van der Waals surface area contributed by atoms with Crippen LogP contribution in [0.15, 0.2) is 48.5 Å². The van der Waals surface area contributed by atoms with Gasteiger partial charge in [0.2, 0.25) is 11.8 Å². The van der Waals surface area contributed by atoms with E-state index in [-0.39, 0.29) is 48.6 Å². The Morgan fingerprint density at radius 1 is 0.857 bits per heavy atom. The Bertz CT molecular complexity index is 1390. The normalized spacial score (nSPS) is 26.0. The quantitative estimate of drug-likeness (QED) is 0.173. The molecular weight excluding hydrogens is 622 g/mol. The number of ether oxygens (including phenoxy) is 2. The number of rotatable bonds is 13. The van der Waals surface area contributed by atoms with Gasteiger partial charge in [0.25, 0.3) is 0 Å². The van der Waals surface area contributed by atoms with Crippen LogP contribution >= 0.6 is 0 Å². The second-order valence-corrected chi connectivity index (χ2v) is 15.1. The number of hydrogen-bond acceptors (Lipinski definition) is 7. The Balaban J connectivity index is 1.32. The van der Waals surface area contributed by atoms with Crippen molar-refractivity contribution in [3.05, 3.63) is 65.2 Å². The number of hydrogen-bond donors (Lipinski definition) is 4. The zero-order valence-electron chi connectivity index (χ0n) is 29.4. The summed E-state index contributed by atoms with van der Waals surface area (Å²) in [5.41, 5.74) is 3.05. The van der Waals surface area contributed by atoms with E-state index in [9.17, 15) is 19.5 Å². The van der Waals surface area contributed by atoms with Crippen LogP contribution in [0.4, 0.5) is 5.69 Å². The molecule has 2 aliphatic heterocycles. The van der Waals surface area contributed by atoms with Gasteiger partial charge in [-0.25, -0.2) is 0 Å². The smallest absolute Gasteiger partial charge is 0.303 e. The Hall–Kier alpha value is -3.31. The summed E-state index contributed by atoms with van der Waals surface area (Å²) in [4.78, 5) is 39.4. The molecule has 2 amide bonds. The van der Waals surface area contributed by atoms with E-state index in [4.69, 9.17) is 14.6 Å². The number of benzene rings is 2. The van der Waals surface area contributed by atoms with E-state index in [1.165, 1.54) is 19.3 Å². The van der Waals surface area contributed by atoms with Crippen molar-refractivity contribution in [1.82, 2.24) is 10.2 Å². The van der Waals surface area contributed by atoms with Crippen molar-refractivity contribution in [1.29, 1.82) is 0 Å². The highest BCUT2D eigenvalue weighted by molar-refractivity contribution is 5.90. The minimum absolute atomic E-state index is 0.0245. The van der Waals surface area contributed by atoms with Crippen LogP contribution in [0.2, 0.25) is 0 Å². The van der Waals surface area contributed by atoms with Crippen molar-refractivity contribution in [2.75, 3.05) is 11.9 Å². The molecule has 1 aliphatic carbocycles. The molecule has 6 atom stereocenters. The highest BCUT2D eigenvalue weighted by Crippen LogP contribution is 2.42. The fourth-order valence-corrected chi connectivity index (χ4v) is 7.68. The second-order valence-electron chi connectivity index (χ2n) is 15.1. The first-order valence-corrected chi connectivity index (χ1v) is 18.2. The number of carboxylic acids is 1. The van der Waals surface area contributed by atoms with E-state index in [2.05, 4.69) is 15.5 Å². The van der Waals surface area contributed by atoms with Crippen LogP contribution in [0.5, 0.6) is 0 Å². The molecule has 3 aliphatic rings. The van der Waals surface area contributed by atoms with Gasteiger partial charge in [0.15, 0.2) is 6.29 Å². The Labute approximate surface area is 290 Å². The maximum atomic E-state index is 13.7. The van der Waals surface area contributed by atoms with Crippen LogP contribution in [-0.2, 0) is 30.5 Å². The molecule has 2 saturated heterocycles. The lowest BCUT2D eigenvalue weighted by atomic mass is 9.75. The molecule has 2 heterocycles. The average Bonchev–Trinajstić information content (AvgIpc) is 3.07. The predicted molar refractivity (Wildman–Crippen MR) is 188 cm³/mol. The number of anilines is 1. The maximum Gasteiger partial charge on any atom is 0.303 e. The molecule has 3 fully saturated rings. The van der Waals surface area contributed by atoms with E-state index in [1.807, 2.05) is 69.3 Å². The van der Waals surface area contributed by atoms with Gasteiger partial charge in [-0.05, 0) is 88.5 Å². The van der Waals surface area contributed by atoms with Gasteiger partial charge in [-0.2, -0.15) is 0 Å². The largest absolute Gasteiger partial charge is 0.481 e. The summed E-state index contributed by atoms with van der Waals surface area (Å²) in [5, 5.41) is 24.6. The molecule has 0 bridgehead atoms. The monoisotopic (exact) mass is 677 g/mol. The van der Waals surface area contributed by atoms with Crippen LogP contribution < -0.4 is 10.6 Å². The number of likely N-dealkylation sites (tertiary alicyclic amines) is 1.